The fourth-order valence-electron chi connectivity index (χ4n) is 1.32. The first-order chi connectivity index (χ1) is 8.71. The first kappa shape index (κ1) is 15.2. The molecular weight excluding hydrogens is 265 g/mol. The van der Waals surface area contributed by atoms with E-state index in [1.807, 2.05) is 0 Å². The van der Waals surface area contributed by atoms with E-state index in [1.165, 1.54) is 6.92 Å². The minimum atomic E-state index is -4.64. The molecule has 19 heavy (non-hydrogen) atoms. The first-order valence-electron chi connectivity index (χ1n) is 5.45. The largest absolute Gasteiger partial charge is 0.478 e. The summed E-state index contributed by atoms with van der Waals surface area (Å²) in [6, 6.07) is 1.46. The Morgan fingerprint density at radius 2 is 2.11 bits per heavy atom. The standard InChI is InChI=1S/C11H13F3N2O3/c1-6(17)4-5-15-9-7(10(18)19)2-3-8(16-9)11(12,13)14/h2-3,6,17H,4-5H2,1H3,(H,15,16)(H,18,19). The third-order valence-electron chi connectivity index (χ3n) is 2.27. The minimum Gasteiger partial charge on any atom is -0.478 e. The van der Waals surface area contributed by atoms with Gasteiger partial charge in [0.05, 0.1) is 6.10 Å². The summed E-state index contributed by atoms with van der Waals surface area (Å²) < 4.78 is 37.4. The smallest absolute Gasteiger partial charge is 0.433 e. The van der Waals surface area contributed by atoms with Gasteiger partial charge < -0.3 is 15.5 Å². The molecule has 1 aromatic heterocycles. The summed E-state index contributed by atoms with van der Waals surface area (Å²) in [7, 11) is 0. The van der Waals surface area contributed by atoms with E-state index in [0.717, 1.165) is 6.07 Å². The lowest BCUT2D eigenvalue weighted by Crippen LogP contribution is -2.16. The molecule has 106 valence electrons. The van der Waals surface area contributed by atoms with Crippen LogP contribution in [0.5, 0.6) is 0 Å². The van der Waals surface area contributed by atoms with Crippen molar-refractivity contribution in [1.29, 1.82) is 0 Å². The van der Waals surface area contributed by atoms with Crippen LogP contribution >= 0.6 is 0 Å². The van der Waals surface area contributed by atoms with Gasteiger partial charge in [0.15, 0.2) is 0 Å². The van der Waals surface area contributed by atoms with Gasteiger partial charge in [-0.25, -0.2) is 9.78 Å². The predicted molar refractivity (Wildman–Crippen MR) is 61.0 cm³/mol. The van der Waals surface area contributed by atoms with Crippen LogP contribution in [0, 0.1) is 0 Å². The van der Waals surface area contributed by atoms with Gasteiger partial charge >= 0.3 is 12.1 Å². The van der Waals surface area contributed by atoms with Crippen LogP contribution in [-0.4, -0.2) is 33.8 Å². The normalized spacial score (nSPS) is 13.1. The van der Waals surface area contributed by atoms with E-state index in [9.17, 15) is 18.0 Å². The number of rotatable bonds is 5. The molecule has 0 radical (unpaired) electrons. The summed E-state index contributed by atoms with van der Waals surface area (Å²) >= 11 is 0. The minimum absolute atomic E-state index is 0.117. The summed E-state index contributed by atoms with van der Waals surface area (Å²) in [4.78, 5) is 14.1. The van der Waals surface area contributed by atoms with Gasteiger partial charge in [0.25, 0.3) is 0 Å². The molecule has 0 fully saturated rings. The molecule has 8 heteroatoms. The highest BCUT2D eigenvalue weighted by Gasteiger charge is 2.33. The topological polar surface area (TPSA) is 82.5 Å². The maximum atomic E-state index is 12.5. The number of carbonyl (C=O) groups is 1. The van der Waals surface area contributed by atoms with E-state index in [4.69, 9.17) is 10.2 Å². The Bertz CT molecular complexity index is 461. The van der Waals surface area contributed by atoms with Crippen LogP contribution in [-0.2, 0) is 6.18 Å². The number of aromatic carboxylic acids is 1. The van der Waals surface area contributed by atoms with Crippen molar-refractivity contribution in [3.05, 3.63) is 23.4 Å². The van der Waals surface area contributed by atoms with E-state index >= 15 is 0 Å². The van der Waals surface area contributed by atoms with Crippen molar-refractivity contribution in [2.75, 3.05) is 11.9 Å². The Labute approximate surface area is 107 Å². The van der Waals surface area contributed by atoms with Gasteiger partial charge in [-0.2, -0.15) is 13.2 Å². The molecule has 1 heterocycles. The van der Waals surface area contributed by atoms with Gasteiger partial charge in [-0.3, -0.25) is 0 Å². The van der Waals surface area contributed by atoms with E-state index < -0.39 is 23.9 Å². The zero-order valence-corrected chi connectivity index (χ0v) is 10.0. The van der Waals surface area contributed by atoms with Gasteiger partial charge in [-0.15, -0.1) is 0 Å². The zero-order chi connectivity index (χ0) is 14.6. The molecule has 0 saturated carbocycles. The summed E-state index contributed by atoms with van der Waals surface area (Å²) in [5.74, 6) is -1.73. The lowest BCUT2D eigenvalue weighted by molar-refractivity contribution is -0.141. The van der Waals surface area contributed by atoms with Gasteiger partial charge in [0.2, 0.25) is 0 Å². The first-order valence-corrected chi connectivity index (χ1v) is 5.45. The maximum Gasteiger partial charge on any atom is 0.433 e. The highest BCUT2D eigenvalue weighted by molar-refractivity contribution is 5.93. The highest BCUT2D eigenvalue weighted by Crippen LogP contribution is 2.29. The van der Waals surface area contributed by atoms with Crippen LogP contribution in [0.25, 0.3) is 0 Å². The molecular formula is C11H13F3N2O3. The van der Waals surface area contributed by atoms with Crippen molar-refractivity contribution in [3.8, 4) is 0 Å². The molecule has 0 bridgehead atoms. The Kier molecular flexibility index (Phi) is 4.71. The van der Waals surface area contributed by atoms with Crippen LogP contribution in [0.15, 0.2) is 12.1 Å². The predicted octanol–water partition coefficient (Wildman–Crippen LogP) is 1.98. The number of carboxylic acids is 1. The lowest BCUT2D eigenvalue weighted by atomic mass is 10.2. The van der Waals surface area contributed by atoms with Crippen molar-refractivity contribution in [1.82, 2.24) is 4.98 Å². The average Bonchev–Trinajstić information content (AvgIpc) is 2.26. The van der Waals surface area contributed by atoms with E-state index in [1.54, 1.807) is 0 Å². The number of halogens is 3. The Morgan fingerprint density at radius 3 is 2.58 bits per heavy atom. The summed E-state index contributed by atoms with van der Waals surface area (Å²) in [5.41, 5.74) is -1.52. The van der Waals surface area contributed by atoms with E-state index in [0.29, 0.717) is 6.07 Å². The number of aromatic nitrogens is 1. The second kappa shape index (κ2) is 5.87. The van der Waals surface area contributed by atoms with Crippen molar-refractivity contribution in [2.24, 2.45) is 0 Å². The van der Waals surface area contributed by atoms with Gasteiger partial charge in [0, 0.05) is 6.54 Å². The average molecular weight is 278 g/mol. The zero-order valence-electron chi connectivity index (χ0n) is 10.0. The summed E-state index contributed by atoms with van der Waals surface area (Å²) in [5, 5.41) is 20.4. The number of anilines is 1. The Morgan fingerprint density at radius 1 is 1.47 bits per heavy atom. The summed E-state index contributed by atoms with van der Waals surface area (Å²) in [6.07, 6.45) is -5.03. The molecule has 1 atom stereocenters. The number of aliphatic hydroxyl groups is 1. The third kappa shape index (κ3) is 4.40. The van der Waals surface area contributed by atoms with Crippen molar-refractivity contribution < 1.29 is 28.2 Å². The van der Waals surface area contributed by atoms with Crippen molar-refractivity contribution >= 4 is 11.8 Å². The fraction of sp³-hybridized carbons (Fsp3) is 0.455. The molecule has 0 saturated heterocycles. The van der Waals surface area contributed by atoms with Crippen molar-refractivity contribution in [2.45, 2.75) is 25.6 Å². The van der Waals surface area contributed by atoms with Crippen LogP contribution in [0.4, 0.5) is 19.0 Å². The number of nitrogens with one attached hydrogen (secondary N) is 1. The van der Waals surface area contributed by atoms with E-state index in [2.05, 4.69) is 10.3 Å². The molecule has 5 nitrogen and oxygen atoms in total. The van der Waals surface area contributed by atoms with E-state index in [-0.39, 0.29) is 24.3 Å². The van der Waals surface area contributed by atoms with Crippen LogP contribution < -0.4 is 5.32 Å². The Hall–Kier alpha value is -1.83. The molecule has 0 amide bonds. The SMILES string of the molecule is CC(O)CCNc1nc(C(F)(F)F)ccc1C(=O)O. The monoisotopic (exact) mass is 278 g/mol. The summed E-state index contributed by atoms with van der Waals surface area (Å²) in [6.45, 7) is 1.63. The molecule has 1 aromatic rings. The van der Waals surface area contributed by atoms with Crippen LogP contribution in [0.1, 0.15) is 29.4 Å². The number of aliphatic hydroxyl groups excluding tert-OH is 1. The van der Waals surface area contributed by atoms with Gasteiger partial charge in [-0.1, -0.05) is 0 Å². The number of carboxylic acid groups (broad SMARTS) is 1. The maximum absolute atomic E-state index is 12.5. The van der Waals surface area contributed by atoms with Crippen LogP contribution in [0.2, 0.25) is 0 Å². The number of nitrogens with zero attached hydrogens (tertiary/aromatic N) is 1. The second-order valence-electron chi connectivity index (χ2n) is 3.96. The fourth-order valence-corrected chi connectivity index (χ4v) is 1.32. The van der Waals surface area contributed by atoms with Crippen molar-refractivity contribution in [3.63, 3.8) is 0 Å². The highest BCUT2D eigenvalue weighted by atomic mass is 19.4. The third-order valence-corrected chi connectivity index (χ3v) is 2.27. The van der Waals surface area contributed by atoms with Gasteiger partial charge in [-0.05, 0) is 25.5 Å². The number of hydrogen-bond donors (Lipinski definition) is 3. The molecule has 0 aliphatic rings. The molecule has 0 spiro atoms. The molecule has 0 aliphatic carbocycles. The number of hydrogen-bond acceptors (Lipinski definition) is 4. The molecule has 3 N–H and O–H groups in total. The molecule has 1 unspecified atom stereocenters. The van der Waals surface area contributed by atoms with Gasteiger partial charge in [0.1, 0.15) is 17.1 Å². The molecule has 1 rings (SSSR count). The lowest BCUT2D eigenvalue weighted by Gasteiger charge is -2.12. The number of pyridine rings is 1. The second-order valence-corrected chi connectivity index (χ2v) is 3.96. The number of alkyl halides is 3. The molecule has 0 aliphatic heterocycles. The quantitative estimate of drug-likeness (QED) is 0.767. The molecule has 0 aromatic carbocycles. The Balaban J connectivity index is 2.99. The van der Waals surface area contributed by atoms with Crippen LogP contribution in [0.3, 0.4) is 0 Å².